The Morgan fingerprint density at radius 2 is 2.05 bits per heavy atom. The molecule has 3 N–H and O–H groups in total. The first-order chi connectivity index (χ1) is 8.64. The maximum absolute atomic E-state index is 13.6. The molecule has 1 aromatic carbocycles. The van der Waals surface area contributed by atoms with Crippen LogP contribution in [0.25, 0.3) is 0 Å². The minimum atomic E-state index is -0.910. The van der Waals surface area contributed by atoms with Crippen molar-refractivity contribution in [3.63, 3.8) is 0 Å². The molecule has 0 radical (unpaired) electrons. The lowest BCUT2D eigenvalue weighted by atomic mass is 9.87. The molecule has 19 heavy (non-hydrogen) atoms. The smallest absolute Gasteiger partial charge is 0.295 e. The zero-order valence-electron chi connectivity index (χ0n) is 10.9. The van der Waals surface area contributed by atoms with Crippen LogP contribution in [0.1, 0.15) is 20.8 Å². The summed E-state index contributed by atoms with van der Waals surface area (Å²) in [6, 6.07) is 2.44. The molecule has 0 aromatic heterocycles. The van der Waals surface area contributed by atoms with Crippen LogP contribution in [0.15, 0.2) is 18.2 Å². The summed E-state index contributed by atoms with van der Waals surface area (Å²) in [5, 5.41) is 13.0. The molecule has 6 nitrogen and oxygen atoms in total. The molecule has 1 atom stereocenters. The number of carbonyl (C=O) groups is 1. The Morgan fingerprint density at radius 3 is 2.53 bits per heavy atom. The molecule has 0 heterocycles. The van der Waals surface area contributed by atoms with Crippen molar-refractivity contribution < 1.29 is 14.1 Å². The highest BCUT2D eigenvalue weighted by Gasteiger charge is 2.29. The number of hydrogen-bond donors (Lipinski definition) is 2. The first-order valence-electron chi connectivity index (χ1n) is 5.64. The van der Waals surface area contributed by atoms with Crippen molar-refractivity contribution in [1.82, 2.24) is 0 Å². The summed E-state index contributed by atoms with van der Waals surface area (Å²) >= 11 is 0. The fourth-order valence-electron chi connectivity index (χ4n) is 1.38. The van der Waals surface area contributed by atoms with Gasteiger partial charge in [-0.2, -0.15) is 0 Å². The van der Waals surface area contributed by atoms with E-state index in [0.717, 1.165) is 12.1 Å². The molecule has 1 rings (SSSR count). The molecule has 0 unspecified atom stereocenters. The molecule has 0 saturated carbocycles. The third-order valence-corrected chi connectivity index (χ3v) is 2.65. The fraction of sp³-hybridized carbons (Fsp3) is 0.417. The summed E-state index contributed by atoms with van der Waals surface area (Å²) in [7, 11) is 0. The van der Waals surface area contributed by atoms with Crippen molar-refractivity contribution in [2.45, 2.75) is 26.8 Å². The van der Waals surface area contributed by atoms with Crippen LogP contribution in [0.2, 0.25) is 0 Å². The minimum Gasteiger partial charge on any atom is -0.319 e. The van der Waals surface area contributed by atoms with Gasteiger partial charge in [-0.15, -0.1) is 0 Å². The summed E-state index contributed by atoms with van der Waals surface area (Å²) < 4.78 is 13.6. The molecule has 104 valence electrons. The van der Waals surface area contributed by atoms with E-state index in [2.05, 4.69) is 5.32 Å². The van der Waals surface area contributed by atoms with Gasteiger partial charge < -0.3 is 11.1 Å². The van der Waals surface area contributed by atoms with Gasteiger partial charge in [0.2, 0.25) is 5.91 Å². The molecular formula is C12H16FN3O3. The van der Waals surface area contributed by atoms with Crippen LogP contribution in [-0.2, 0) is 4.79 Å². The number of nitrogens with one attached hydrogen (secondary N) is 1. The summed E-state index contributed by atoms with van der Waals surface area (Å²) in [6.45, 7) is 5.23. The Morgan fingerprint density at radius 1 is 1.47 bits per heavy atom. The van der Waals surface area contributed by atoms with Crippen LogP contribution < -0.4 is 11.1 Å². The van der Waals surface area contributed by atoms with E-state index in [4.69, 9.17) is 5.73 Å². The Balaban J connectivity index is 3.07. The Labute approximate surface area is 109 Å². The molecule has 0 aliphatic rings. The largest absolute Gasteiger partial charge is 0.319 e. The zero-order valence-corrected chi connectivity index (χ0v) is 10.9. The number of anilines is 1. The fourth-order valence-corrected chi connectivity index (χ4v) is 1.38. The molecule has 0 saturated heterocycles. The van der Waals surface area contributed by atoms with E-state index in [1.807, 2.05) is 0 Å². The maximum Gasteiger partial charge on any atom is 0.295 e. The van der Waals surface area contributed by atoms with Crippen molar-refractivity contribution >= 4 is 17.3 Å². The second-order valence-corrected chi connectivity index (χ2v) is 5.22. The molecule has 0 bridgehead atoms. The van der Waals surface area contributed by atoms with Crippen LogP contribution in [0.5, 0.6) is 0 Å². The third kappa shape index (κ3) is 3.47. The average Bonchev–Trinajstić information content (AvgIpc) is 2.29. The quantitative estimate of drug-likeness (QED) is 0.648. The molecule has 0 aliphatic carbocycles. The lowest BCUT2D eigenvalue weighted by molar-refractivity contribution is -0.384. The van der Waals surface area contributed by atoms with Gasteiger partial charge in [0, 0.05) is 6.07 Å². The molecule has 7 heteroatoms. The number of nitro groups is 1. The van der Waals surface area contributed by atoms with Gasteiger partial charge in [0.25, 0.3) is 5.69 Å². The highest BCUT2D eigenvalue weighted by Crippen LogP contribution is 2.28. The van der Waals surface area contributed by atoms with Gasteiger partial charge in [-0.25, -0.2) is 4.39 Å². The van der Waals surface area contributed by atoms with Crippen LogP contribution in [-0.4, -0.2) is 16.9 Å². The van der Waals surface area contributed by atoms with Gasteiger partial charge in [0.1, 0.15) is 0 Å². The predicted octanol–water partition coefficient (Wildman–Crippen LogP) is 2.05. The number of rotatable bonds is 3. The number of halogens is 1. The van der Waals surface area contributed by atoms with Crippen molar-refractivity contribution in [3.05, 3.63) is 34.1 Å². The molecule has 0 aliphatic heterocycles. The SMILES string of the molecule is CC(C)(C)[C@H](N)C(=O)Nc1c(F)cccc1[N+](=O)[O-]. The van der Waals surface area contributed by atoms with E-state index in [1.165, 1.54) is 6.07 Å². The van der Waals surface area contributed by atoms with E-state index in [0.29, 0.717) is 0 Å². The van der Waals surface area contributed by atoms with Crippen LogP contribution in [0, 0.1) is 21.3 Å². The van der Waals surface area contributed by atoms with E-state index < -0.39 is 39.5 Å². The van der Waals surface area contributed by atoms with Crippen LogP contribution in [0.4, 0.5) is 15.8 Å². The second-order valence-electron chi connectivity index (χ2n) is 5.22. The highest BCUT2D eigenvalue weighted by atomic mass is 19.1. The minimum absolute atomic E-state index is 0.461. The van der Waals surface area contributed by atoms with Gasteiger partial charge in [-0.3, -0.25) is 14.9 Å². The normalized spacial score (nSPS) is 12.9. The standard InChI is InChI=1S/C12H16FN3O3/c1-12(2,3)10(14)11(17)15-9-7(13)5-4-6-8(9)16(18)19/h4-6,10H,14H2,1-3H3,(H,15,17)/t10-/m1/s1. The topological polar surface area (TPSA) is 98.3 Å². The number of hydrogen-bond acceptors (Lipinski definition) is 4. The molecule has 0 spiro atoms. The molecular weight excluding hydrogens is 253 g/mol. The van der Waals surface area contributed by atoms with E-state index in [1.54, 1.807) is 20.8 Å². The number of benzene rings is 1. The van der Waals surface area contributed by atoms with Crippen molar-refractivity contribution in [2.24, 2.45) is 11.1 Å². The number of nitro benzene ring substituents is 1. The van der Waals surface area contributed by atoms with Crippen molar-refractivity contribution in [2.75, 3.05) is 5.32 Å². The van der Waals surface area contributed by atoms with Gasteiger partial charge >= 0.3 is 0 Å². The van der Waals surface area contributed by atoms with Crippen molar-refractivity contribution in [1.29, 1.82) is 0 Å². The number of carbonyl (C=O) groups excluding carboxylic acids is 1. The molecule has 0 fully saturated rings. The zero-order chi connectivity index (χ0) is 14.8. The lowest BCUT2D eigenvalue weighted by Crippen LogP contribution is -2.45. The first kappa shape index (κ1) is 15.0. The van der Waals surface area contributed by atoms with Gasteiger partial charge in [0.05, 0.1) is 11.0 Å². The number of amides is 1. The molecule has 1 aromatic rings. The van der Waals surface area contributed by atoms with Gasteiger partial charge in [-0.1, -0.05) is 26.8 Å². The lowest BCUT2D eigenvalue weighted by Gasteiger charge is -2.25. The van der Waals surface area contributed by atoms with Gasteiger partial charge in [-0.05, 0) is 11.5 Å². The van der Waals surface area contributed by atoms with E-state index in [9.17, 15) is 19.3 Å². The number of para-hydroxylation sites is 1. The summed E-state index contributed by atoms with van der Waals surface area (Å²) in [6.07, 6.45) is 0. The Hall–Kier alpha value is -2.02. The predicted molar refractivity (Wildman–Crippen MR) is 69.1 cm³/mol. The van der Waals surface area contributed by atoms with Crippen LogP contribution in [0.3, 0.4) is 0 Å². The van der Waals surface area contributed by atoms with Gasteiger partial charge in [0.15, 0.2) is 11.5 Å². The van der Waals surface area contributed by atoms with E-state index >= 15 is 0 Å². The highest BCUT2D eigenvalue weighted by molar-refractivity contribution is 5.97. The number of nitrogens with two attached hydrogens (primary N) is 1. The van der Waals surface area contributed by atoms with Crippen LogP contribution >= 0.6 is 0 Å². The Kier molecular flexibility index (Phi) is 4.21. The van der Waals surface area contributed by atoms with Crippen molar-refractivity contribution in [3.8, 4) is 0 Å². The summed E-state index contributed by atoms with van der Waals surface area (Å²) in [4.78, 5) is 21.9. The first-order valence-corrected chi connectivity index (χ1v) is 5.64. The Bertz CT molecular complexity index is 511. The summed E-state index contributed by atoms with van der Waals surface area (Å²) in [5.74, 6) is -1.54. The number of nitrogens with zero attached hydrogens (tertiary/aromatic N) is 1. The second kappa shape index (κ2) is 5.31. The molecule has 1 amide bonds. The third-order valence-electron chi connectivity index (χ3n) is 2.65. The summed E-state index contributed by atoms with van der Waals surface area (Å²) in [5.41, 5.74) is 4.21. The monoisotopic (exact) mass is 269 g/mol. The average molecular weight is 269 g/mol. The van der Waals surface area contributed by atoms with E-state index in [-0.39, 0.29) is 0 Å². The maximum atomic E-state index is 13.6.